The Kier molecular flexibility index (Phi) is 5.24. The topological polar surface area (TPSA) is 74.7 Å². The number of hydrogen-bond acceptors (Lipinski definition) is 4. The van der Waals surface area contributed by atoms with E-state index in [2.05, 4.69) is 10.3 Å². The summed E-state index contributed by atoms with van der Waals surface area (Å²) >= 11 is 0. The molecule has 0 amide bonds. The van der Waals surface area contributed by atoms with Gasteiger partial charge in [0.1, 0.15) is 17.6 Å². The van der Waals surface area contributed by atoms with Crippen LogP contribution in [0.2, 0.25) is 0 Å². The molecule has 2 rings (SSSR count). The average molecular weight is 312 g/mol. The lowest BCUT2D eigenvalue weighted by molar-refractivity contribution is -0.141. The predicted molar refractivity (Wildman–Crippen MR) is 77.0 cm³/mol. The third-order valence-electron chi connectivity index (χ3n) is 4.10. The molecule has 4 nitrogen and oxygen atoms in total. The van der Waals surface area contributed by atoms with Gasteiger partial charge in [-0.05, 0) is 30.9 Å². The van der Waals surface area contributed by atoms with Crippen molar-refractivity contribution >= 4 is 5.82 Å². The van der Waals surface area contributed by atoms with E-state index in [1.54, 1.807) is 0 Å². The number of anilines is 1. The van der Waals surface area contributed by atoms with E-state index in [-0.39, 0.29) is 17.4 Å². The molecule has 0 radical (unpaired) electrons. The highest BCUT2D eigenvalue weighted by Crippen LogP contribution is 2.31. The van der Waals surface area contributed by atoms with Crippen molar-refractivity contribution in [2.45, 2.75) is 44.3 Å². The second kappa shape index (κ2) is 6.97. The molecule has 3 N–H and O–H groups in total. The van der Waals surface area contributed by atoms with E-state index in [9.17, 15) is 13.2 Å². The molecule has 1 aromatic rings. The highest BCUT2D eigenvalue weighted by molar-refractivity contribution is 5.53. The quantitative estimate of drug-likeness (QED) is 0.894. The van der Waals surface area contributed by atoms with Crippen LogP contribution in [-0.4, -0.2) is 17.6 Å². The smallest absolute Gasteiger partial charge is 0.365 e. The van der Waals surface area contributed by atoms with Gasteiger partial charge in [0.15, 0.2) is 0 Å². The molecule has 1 aromatic heterocycles. The summed E-state index contributed by atoms with van der Waals surface area (Å²) in [6.45, 7) is 0.299. The van der Waals surface area contributed by atoms with Gasteiger partial charge in [-0.25, -0.2) is 4.98 Å². The van der Waals surface area contributed by atoms with Crippen LogP contribution in [0.5, 0.6) is 0 Å². The number of nitrogens with two attached hydrogens (primary N) is 1. The van der Waals surface area contributed by atoms with E-state index in [0.717, 1.165) is 37.8 Å². The molecular formula is C15H19F3N4. The van der Waals surface area contributed by atoms with Crippen LogP contribution in [0.4, 0.5) is 19.0 Å². The molecule has 1 saturated carbocycles. The first-order valence-electron chi connectivity index (χ1n) is 7.40. The summed E-state index contributed by atoms with van der Waals surface area (Å²) in [4.78, 5) is 3.58. The highest BCUT2D eigenvalue weighted by atomic mass is 19.4. The Morgan fingerprint density at radius 3 is 2.55 bits per heavy atom. The van der Waals surface area contributed by atoms with Crippen LogP contribution >= 0.6 is 0 Å². The lowest BCUT2D eigenvalue weighted by Crippen LogP contribution is -2.38. The molecule has 1 heterocycles. The number of halogens is 3. The standard InChI is InChI=1S/C15H19F3N4/c16-15(17,18)13-7-6-11(8-19)14(22-13)21-12(9-20)10-4-2-1-3-5-10/h6-7,10,12H,1-5,9,20H2,(H,21,22). The van der Waals surface area contributed by atoms with Gasteiger partial charge in [0, 0.05) is 12.6 Å². The maximum atomic E-state index is 12.8. The van der Waals surface area contributed by atoms with Gasteiger partial charge >= 0.3 is 6.18 Å². The van der Waals surface area contributed by atoms with Crippen LogP contribution in [0.15, 0.2) is 12.1 Å². The Labute approximate surface area is 127 Å². The van der Waals surface area contributed by atoms with Crippen molar-refractivity contribution < 1.29 is 13.2 Å². The number of nitrogens with one attached hydrogen (secondary N) is 1. The molecule has 1 unspecified atom stereocenters. The van der Waals surface area contributed by atoms with Crippen molar-refractivity contribution in [1.29, 1.82) is 5.26 Å². The van der Waals surface area contributed by atoms with Gasteiger partial charge in [0.05, 0.1) is 5.56 Å². The van der Waals surface area contributed by atoms with Crippen LogP contribution in [0, 0.1) is 17.2 Å². The van der Waals surface area contributed by atoms with Crippen molar-refractivity contribution in [3.05, 3.63) is 23.4 Å². The normalized spacial score (nSPS) is 17.8. The van der Waals surface area contributed by atoms with Crippen molar-refractivity contribution in [3.63, 3.8) is 0 Å². The second-order valence-electron chi connectivity index (χ2n) is 5.59. The van der Waals surface area contributed by atoms with E-state index in [1.165, 1.54) is 6.42 Å². The first-order valence-corrected chi connectivity index (χ1v) is 7.40. The molecule has 22 heavy (non-hydrogen) atoms. The molecule has 120 valence electrons. The van der Waals surface area contributed by atoms with Crippen molar-refractivity contribution in [1.82, 2.24) is 4.98 Å². The molecule has 7 heteroatoms. The summed E-state index contributed by atoms with van der Waals surface area (Å²) < 4.78 is 38.3. The number of rotatable bonds is 4. The van der Waals surface area contributed by atoms with Crippen LogP contribution < -0.4 is 11.1 Å². The number of hydrogen-bond donors (Lipinski definition) is 2. The van der Waals surface area contributed by atoms with Gasteiger partial charge in [-0.1, -0.05) is 19.3 Å². The lowest BCUT2D eigenvalue weighted by atomic mass is 9.84. The SMILES string of the molecule is N#Cc1ccc(C(F)(F)F)nc1NC(CN)C1CCCCC1. The number of alkyl halides is 3. The summed E-state index contributed by atoms with van der Waals surface area (Å²) in [6.07, 6.45) is 0.839. The summed E-state index contributed by atoms with van der Waals surface area (Å²) in [5.41, 5.74) is 4.86. The Balaban J connectivity index is 2.23. The Bertz CT molecular complexity index is 545. The highest BCUT2D eigenvalue weighted by Gasteiger charge is 2.33. The average Bonchev–Trinajstić information content (AvgIpc) is 2.52. The van der Waals surface area contributed by atoms with Gasteiger partial charge in [-0.15, -0.1) is 0 Å². The number of pyridine rings is 1. The number of nitrogens with zero attached hydrogens (tertiary/aromatic N) is 2. The fourth-order valence-electron chi connectivity index (χ4n) is 2.90. The molecule has 0 spiro atoms. The number of aromatic nitrogens is 1. The van der Waals surface area contributed by atoms with Gasteiger partial charge in [0.25, 0.3) is 0 Å². The largest absolute Gasteiger partial charge is 0.433 e. The van der Waals surface area contributed by atoms with Crippen LogP contribution in [0.25, 0.3) is 0 Å². The van der Waals surface area contributed by atoms with Crippen molar-refractivity contribution in [2.24, 2.45) is 11.7 Å². The minimum atomic E-state index is -4.53. The maximum absolute atomic E-state index is 12.8. The monoisotopic (exact) mass is 312 g/mol. The molecule has 1 aliphatic carbocycles. The zero-order valence-corrected chi connectivity index (χ0v) is 12.2. The summed E-state index contributed by atoms with van der Waals surface area (Å²) in [5, 5.41) is 12.0. The Morgan fingerprint density at radius 2 is 2.00 bits per heavy atom. The second-order valence-corrected chi connectivity index (χ2v) is 5.59. The Morgan fingerprint density at radius 1 is 1.32 bits per heavy atom. The Hall–Kier alpha value is -1.81. The minimum Gasteiger partial charge on any atom is -0.365 e. The lowest BCUT2D eigenvalue weighted by Gasteiger charge is -2.30. The molecule has 0 aliphatic heterocycles. The van der Waals surface area contributed by atoms with Gasteiger partial charge in [0.2, 0.25) is 0 Å². The fourth-order valence-corrected chi connectivity index (χ4v) is 2.90. The van der Waals surface area contributed by atoms with Gasteiger partial charge in [-0.3, -0.25) is 0 Å². The van der Waals surface area contributed by atoms with Crippen LogP contribution in [-0.2, 0) is 6.18 Å². The molecule has 1 aliphatic rings. The molecular weight excluding hydrogens is 293 g/mol. The van der Waals surface area contributed by atoms with E-state index in [4.69, 9.17) is 11.0 Å². The summed E-state index contributed by atoms with van der Waals surface area (Å²) in [5.74, 6) is 0.278. The van der Waals surface area contributed by atoms with E-state index in [0.29, 0.717) is 12.5 Å². The van der Waals surface area contributed by atoms with Gasteiger partial charge < -0.3 is 11.1 Å². The van der Waals surface area contributed by atoms with Crippen LogP contribution in [0.3, 0.4) is 0 Å². The van der Waals surface area contributed by atoms with E-state index < -0.39 is 11.9 Å². The third-order valence-corrected chi connectivity index (χ3v) is 4.10. The predicted octanol–water partition coefficient (Wildman–Crippen LogP) is 3.29. The maximum Gasteiger partial charge on any atom is 0.433 e. The van der Waals surface area contributed by atoms with Crippen molar-refractivity contribution in [2.75, 3.05) is 11.9 Å². The van der Waals surface area contributed by atoms with E-state index in [1.807, 2.05) is 6.07 Å². The van der Waals surface area contributed by atoms with Crippen molar-refractivity contribution in [3.8, 4) is 6.07 Å². The minimum absolute atomic E-state index is 0.0293. The zero-order valence-electron chi connectivity index (χ0n) is 12.2. The zero-order chi connectivity index (χ0) is 16.2. The van der Waals surface area contributed by atoms with E-state index >= 15 is 0 Å². The fraction of sp³-hybridized carbons (Fsp3) is 0.600. The number of nitriles is 1. The summed E-state index contributed by atoms with van der Waals surface area (Å²) in [6, 6.07) is 3.68. The first-order chi connectivity index (χ1) is 10.5. The first kappa shape index (κ1) is 16.6. The molecule has 0 aromatic carbocycles. The van der Waals surface area contributed by atoms with Crippen LogP contribution in [0.1, 0.15) is 43.4 Å². The molecule has 1 atom stereocenters. The third kappa shape index (κ3) is 3.89. The molecule has 1 fully saturated rings. The van der Waals surface area contributed by atoms with Gasteiger partial charge in [-0.2, -0.15) is 18.4 Å². The molecule has 0 saturated heterocycles. The molecule has 0 bridgehead atoms. The summed E-state index contributed by atoms with van der Waals surface area (Å²) in [7, 11) is 0.